The van der Waals surface area contributed by atoms with Crippen molar-refractivity contribution in [2.24, 2.45) is 0 Å². The Morgan fingerprint density at radius 2 is 2.00 bits per heavy atom. The number of hydrogen-bond acceptors (Lipinski definition) is 5. The first-order chi connectivity index (χ1) is 9.79. The molecule has 0 bridgehead atoms. The van der Waals surface area contributed by atoms with Crippen LogP contribution in [0.3, 0.4) is 0 Å². The maximum Gasteiger partial charge on any atom is 0.232 e. The summed E-state index contributed by atoms with van der Waals surface area (Å²) in [5, 5.41) is 9.60. The summed E-state index contributed by atoms with van der Waals surface area (Å²) >= 11 is 1.61. The van der Waals surface area contributed by atoms with E-state index >= 15 is 0 Å². The Hall–Kier alpha value is -1.53. The Balaban J connectivity index is 2.05. The fourth-order valence-corrected chi connectivity index (χ4v) is 2.85. The molecule has 1 aliphatic rings. The molecule has 0 saturated carbocycles. The van der Waals surface area contributed by atoms with Crippen molar-refractivity contribution in [3.63, 3.8) is 0 Å². The highest BCUT2D eigenvalue weighted by Gasteiger charge is 2.21. The summed E-state index contributed by atoms with van der Waals surface area (Å²) in [6.07, 6.45) is 2.03. The molecule has 6 heteroatoms. The Morgan fingerprint density at radius 1 is 1.20 bits per heavy atom. The maximum atomic E-state index is 5.41. The number of anilines is 1. The van der Waals surface area contributed by atoms with Gasteiger partial charge in [-0.3, -0.25) is 4.57 Å². The van der Waals surface area contributed by atoms with E-state index in [9.17, 15) is 0 Å². The molecule has 106 valence electrons. The van der Waals surface area contributed by atoms with Crippen LogP contribution in [-0.2, 0) is 4.74 Å². The van der Waals surface area contributed by atoms with Crippen LogP contribution in [0.1, 0.15) is 5.56 Å². The number of ether oxygens (including phenoxy) is 1. The van der Waals surface area contributed by atoms with Crippen molar-refractivity contribution >= 4 is 17.7 Å². The molecule has 1 fully saturated rings. The molecule has 3 rings (SSSR count). The molecule has 0 radical (unpaired) electrons. The van der Waals surface area contributed by atoms with Gasteiger partial charge in [0.1, 0.15) is 0 Å². The van der Waals surface area contributed by atoms with Gasteiger partial charge in [-0.2, -0.15) is 0 Å². The molecule has 0 aliphatic carbocycles. The Bertz CT molecular complexity index is 593. The Kier molecular flexibility index (Phi) is 3.93. The third kappa shape index (κ3) is 2.53. The predicted molar refractivity (Wildman–Crippen MR) is 80.9 cm³/mol. The second-order valence-corrected chi connectivity index (χ2v) is 5.53. The largest absolute Gasteiger partial charge is 0.378 e. The molecule has 0 unspecified atom stereocenters. The van der Waals surface area contributed by atoms with Gasteiger partial charge in [0.05, 0.1) is 18.9 Å². The lowest BCUT2D eigenvalue weighted by Gasteiger charge is -2.27. The quantitative estimate of drug-likeness (QED) is 0.810. The monoisotopic (exact) mass is 290 g/mol. The van der Waals surface area contributed by atoms with Gasteiger partial charge in [-0.1, -0.05) is 23.9 Å². The van der Waals surface area contributed by atoms with Crippen LogP contribution in [-0.4, -0.2) is 47.3 Å². The van der Waals surface area contributed by atoms with Crippen molar-refractivity contribution < 1.29 is 4.74 Å². The van der Waals surface area contributed by atoms with Gasteiger partial charge in [-0.05, 0) is 30.9 Å². The maximum absolute atomic E-state index is 5.41. The minimum Gasteiger partial charge on any atom is -0.378 e. The molecule has 1 aromatic carbocycles. The summed E-state index contributed by atoms with van der Waals surface area (Å²) < 4.78 is 7.54. The first kappa shape index (κ1) is 13.5. The lowest BCUT2D eigenvalue weighted by atomic mass is 10.2. The van der Waals surface area contributed by atoms with E-state index in [1.54, 1.807) is 11.8 Å². The Labute approximate surface area is 122 Å². The van der Waals surface area contributed by atoms with E-state index < -0.39 is 0 Å². The summed E-state index contributed by atoms with van der Waals surface area (Å²) in [7, 11) is 0. The normalized spacial score (nSPS) is 15.6. The SMILES string of the molecule is CSc1nnc(N2CCOCC2)n1-c1cccc(C)c1. The van der Waals surface area contributed by atoms with Crippen LogP contribution in [0.2, 0.25) is 0 Å². The van der Waals surface area contributed by atoms with Gasteiger partial charge < -0.3 is 9.64 Å². The van der Waals surface area contributed by atoms with E-state index in [4.69, 9.17) is 4.74 Å². The van der Waals surface area contributed by atoms with Crippen molar-refractivity contribution in [1.29, 1.82) is 0 Å². The molecular weight excluding hydrogens is 272 g/mol. The molecule has 0 spiro atoms. The number of morpholine rings is 1. The van der Waals surface area contributed by atoms with Crippen LogP contribution in [0.15, 0.2) is 29.4 Å². The summed E-state index contributed by atoms with van der Waals surface area (Å²) in [6.45, 7) is 5.31. The lowest BCUT2D eigenvalue weighted by Crippen LogP contribution is -2.37. The number of benzene rings is 1. The zero-order chi connectivity index (χ0) is 13.9. The second kappa shape index (κ2) is 5.85. The topological polar surface area (TPSA) is 43.2 Å². The molecule has 5 nitrogen and oxygen atoms in total. The van der Waals surface area contributed by atoms with Crippen molar-refractivity contribution in [2.45, 2.75) is 12.1 Å². The van der Waals surface area contributed by atoms with Gasteiger partial charge in [0.2, 0.25) is 5.95 Å². The van der Waals surface area contributed by atoms with Crippen molar-refractivity contribution in [1.82, 2.24) is 14.8 Å². The second-order valence-electron chi connectivity index (χ2n) is 4.76. The highest BCUT2D eigenvalue weighted by molar-refractivity contribution is 7.98. The van der Waals surface area contributed by atoms with Crippen LogP contribution in [0.25, 0.3) is 5.69 Å². The smallest absolute Gasteiger partial charge is 0.232 e. The van der Waals surface area contributed by atoms with E-state index in [1.165, 1.54) is 5.56 Å². The van der Waals surface area contributed by atoms with Crippen LogP contribution >= 0.6 is 11.8 Å². The van der Waals surface area contributed by atoms with Gasteiger partial charge in [-0.25, -0.2) is 0 Å². The number of hydrogen-bond donors (Lipinski definition) is 0. The highest BCUT2D eigenvalue weighted by atomic mass is 32.2. The number of thioether (sulfide) groups is 1. The first-order valence-corrected chi connectivity index (χ1v) is 7.91. The summed E-state index contributed by atoms with van der Waals surface area (Å²) in [5.41, 5.74) is 2.34. The minimum absolute atomic E-state index is 0.745. The summed E-state index contributed by atoms with van der Waals surface area (Å²) in [4.78, 5) is 2.23. The standard InChI is InChI=1S/C14H18N4OS/c1-11-4-3-5-12(10-11)18-13(15-16-14(18)20-2)17-6-8-19-9-7-17/h3-5,10H,6-9H2,1-2H3. The minimum atomic E-state index is 0.745. The Morgan fingerprint density at radius 3 is 2.70 bits per heavy atom. The number of aromatic nitrogens is 3. The zero-order valence-electron chi connectivity index (χ0n) is 11.7. The van der Waals surface area contributed by atoms with Crippen LogP contribution in [0.4, 0.5) is 5.95 Å². The molecule has 2 heterocycles. The molecule has 0 N–H and O–H groups in total. The van der Waals surface area contributed by atoms with Crippen LogP contribution in [0, 0.1) is 6.92 Å². The molecule has 20 heavy (non-hydrogen) atoms. The number of rotatable bonds is 3. The van der Waals surface area contributed by atoms with E-state index in [1.807, 2.05) is 6.26 Å². The van der Waals surface area contributed by atoms with E-state index in [2.05, 4.69) is 50.9 Å². The van der Waals surface area contributed by atoms with Gasteiger partial charge in [0.15, 0.2) is 5.16 Å². The average molecular weight is 290 g/mol. The fraction of sp³-hybridized carbons (Fsp3) is 0.429. The number of aryl methyl sites for hydroxylation is 1. The van der Waals surface area contributed by atoms with E-state index in [-0.39, 0.29) is 0 Å². The van der Waals surface area contributed by atoms with Crippen molar-refractivity contribution in [2.75, 3.05) is 37.5 Å². The molecule has 2 aromatic rings. The van der Waals surface area contributed by atoms with Crippen LogP contribution in [0.5, 0.6) is 0 Å². The van der Waals surface area contributed by atoms with Gasteiger partial charge >= 0.3 is 0 Å². The number of nitrogens with zero attached hydrogens (tertiary/aromatic N) is 4. The molecule has 1 saturated heterocycles. The summed E-state index contributed by atoms with van der Waals surface area (Å²) in [5.74, 6) is 0.906. The zero-order valence-corrected chi connectivity index (χ0v) is 12.6. The lowest BCUT2D eigenvalue weighted by molar-refractivity contribution is 0.122. The fourth-order valence-electron chi connectivity index (χ4n) is 2.36. The molecular formula is C14H18N4OS. The van der Waals surface area contributed by atoms with E-state index in [0.717, 1.165) is 43.1 Å². The van der Waals surface area contributed by atoms with Crippen molar-refractivity contribution in [3.8, 4) is 5.69 Å². The predicted octanol–water partition coefficient (Wildman–Crippen LogP) is 2.13. The highest BCUT2D eigenvalue weighted by Crippen LogP contribution is 2.26. The first-order valence-electron chi connectivity index (χ1n) is 6.69. The third-order valence-electron chi connectivity index (χ3n) is 3.35. The van der Waals surface area contributed by atoms with Gasteiger partial charge in [0.25, 0.3) is 0 Å². The molecule has 0 amide bonds. The van der Waals surface area contributed by atoms with Gasteiger partial charge in [-0.15, -0.1) is 10.2 Å². The average Bonchev–Trinajstić information content (AvgIpc) is 2.92. The van der Waals surface area contributed by atoms with Crippen molar-refractivity contribution in [3.05, 3.63) is 29.8 Å². The third-order valence-corrected chi connectivity index (χ3v) is 3.98. The van der Waals surface area contributed by atoms with E-state index in [0.29, 0.717) is 0 Å². The molecule has 0 atom stereocenters. The van der Waals surface area contributed by atoms with Gasteiger partial charge in [0, 0.05) is 13.1 Å². The molecule has 1 aliphatic heterocycles. The molecule has 1 aromatic heterocycles. The summed E-state index contributed by atoms with van der Waals surface area (Å²) in [6, 6.07) is 8.42. The van der Waals surface area contributed by atoms with Crippen LogP contribution < -0.4 is 4.90 Å².